The van der Waals surface area contributed by atoms with Crippen LogP contribution in [0.3, 0.4) is 0 Å². The molecule has 0 atom stereocenters. The summed E-state index contributed by atoms with van der Waals surface area (Å²) in [7, 11) is 1.56. The topological polar surface area (TPSA) is 22.0 Å². The summed E-state index contributed by atoms with van der Waals surface area (Å²) in [6.07, 6.45) is -1.95. The molecule has 0 saturated heterocycles. The molecule has 0 fully saturated rings. The summed E-state index contributed by atoms with van der Waals surface area (Å²) < 4.78 is 79.0. The van der Waals surface area contributed by atoms with Crippen LogP contribution in [0.4, 0.5) is 26.3 Å². The van der Waals surface area contributed by atoms with Crippen LogP contribution in [0.15, 0.2) is 64.5 Å². The van der Waals surface area contributed by atoms with Crippen LogP contribution < -0.4 is 5.43 Å². The van der Waals surface area contributed by atoms with Crippen LogP contribution in [0.2, 0.25) is 5.02 Å². The first kappa shape index (κ1) is 22.3. The van der Waals surface area contributed by atoms with E-state index in [4.69, 9.17) is 11.6 Å². The maximum atomic E-state index is 13.2. The molecule has 0 aliphatic heterocycles. The van der Waals surface area contributed by atoms with Gasteiger partial charge in [0.25, 0.3) is 0 Å². The fourth-order valence-corrected chi connectivity index (χ4v) is 3.71. The van der Waals surface area contributed by atoms with E-state index in [0.29, 0.717) is 0 Å². The van der Waals surface area contributed by atoms with E-state index in [9.17, 15) is 31.1 Å². The van der Waals surface area contributed by atoms with Gasteiger partial charge in [-0.1, -0.05) is 29.8 Å². The summed E-state index contributed by atoms with van der Waals surface area (Å²) in [5, 5.41) is -0.504. The molecule has 0 saturated carbocycles. The third-order valence-corrected chi connectivity index (χ3v) is 5.17. The number of hydrogen-bond acceptors (Lipinski definition) is 2. The molecule has 2 nitrogen and oxygen atoms in total. The molecule has 30 heavy (non-hydrogen) atoms. The van der Waals surface area contributed by atoms with Crippen molar-refractivity contribution in [1.29, 1.82) is 0 Å². The average molecular weight is 464 g/mol. The Hall–Kier alpha value is -2.39. The highest BCUT2D eigenvalue weighted by Crippen LogP contribution is 2.39. The number of alkyl halides is 6. The summed E-state index contributed by atoms with van der Waals surface area (Å²) in [5.41, 5.74) is -5.96. The predicted molar refractivity (Wildman–Crippen MR) is 104 cm³/mol. The largest absolute Gasteiger partial charge is 0.446 e. The molecule has 0 spiro atoms. The zero-order valence-electron chi connectivity index (χ0n) is 15.1. The van der Waals surface area contributed by atoms with E-state index in [-0.39, 0.29) is 38.9 Å². The van der Waals surface area contributed by atoms with Gasteiger partial charge in [0.05, 0.1) is 10.6 Å². The number of pyridine rings is 1. The zero-order valence-corrected chi connectivity index (χ0v) is 16.7. The number of nitrogens with zero attached hydrogens (tertiary/aromatic N) is 1. The molecule has 0 unspecified atom stereocenters. The van der Waals surface area contributed by atoms with Gasteiger partial charge in [-0.15, -0.1) is 0 Å². The van der Waals surface area contributed by atoms with Crippen molar-refractivity contribution in [3.05, 3.63) is 75.7 Å². The maximum Gasteiger partial charge on any atom is 0.446 e. The second-order valence-corrected chi connectivity index (χ2v) is 7.89. The Bertz CT molecular complexity index is 1150. The average Bonchev–Trinajstić information content (AvgIpc) is 2.61. The first-order chi connectivity index (χ1) is 13.8. The number of halogens is 7. The molecule has 0 N–H and O–H groups in total. The highest BCUT2D eigenvalue weighted by molar-refractivity contribution is 8.00. The molecule has 0 aliphatic rings. The van der Waals surface area contributed by atoms with E-state index >= 15 is 0 Å². The second kappa shape index (κ2) is 8.03. The van der Waals surface area contributed by atoms with E-state index < -0.39 is 27.7 Å². The summed E-state index contributed by atoms with van der Waals surface area (Å²) in [6, 6.07) is 8.41. The van der Waals surface area contributed by atoms with Gasteiger partial charge in [-0.3, -0.25) is 4.79 Å². The van der Waals surface area contributed by atoms with Gasteiger partial charge in [-0.2, -0.15) is 26.3 Å². The number of thioether (sulfide) groups is 1. The summed E-state index contributed by atoms with van der Waals surface area (Å²) in [4.78, 5) is 12.9. The van der Waals surface area contributed by atoms with Crippen molar-refractivity contribution in [2.45, 2.75) is 16.6 Å². The van der Waals surface area contributed by atoms with Gasteiger partial charge in [-0.05, 0) is 47.2 Å². The predicted octanol–water partition coefficient (Wildman–Crippen LogP) is 7.00. The van der Waals surface area contributed by atoms with Crippen LogP contribution in [0.25, 0.3) is 22.3 Å². The van der Waals surface area contributed by atoms with Crippen molar-refractivity contribution in [3.63, 3.8) is 0 Å². The molecule has 0 amide bonds. The lowest BCUT2D eigenvalue weighted by atomic mass is 9.99. The van der Waals surface area contributed by atoms with Crippen molar-refractivity contribution in [2.75, 3.05) is 0 Å². The normalized spacial score (nSPS) is 12.3. The monoisotopic (exact) mass is 463 g/mol. The third kappa shape index (κ3) is 5.02. The third-order valence-electron chi connectivity index (χ3n) is 4.12. The number of aromatic nitrogens is 1. The number of hydrogen-bond donors (Lipinski definition) is 0. The van der Waals surface area contributed by atoms with Crippen LogP contribution in [-0.2, 0) is 13.2 Å². The molecule has 0 aliphatic carbocycles. The molecule has 3 aromatic rings. The minimum atomic E-state index is -4.71. The van der Waals surface area contributed by atoms with Crippen LogP contribution >= 0.6 is 23.4 Å². The molecule has 1 heterocycles. The highest BCUT2D eigenvalue weighted by Gasteiger charge is 2.33. The van der Waals surface area contributed by atoms with Gasteiger partial charge in [0.2, 0.25) is 0 Å². The minimum absolute atomic E-state index is 0.00463. The second-order valence-electron chi connectivity index (χ2n) is 6.35. The quantitative estimate of drug-likeness (QED) is 0.308. The Kier molecular flexibility index (Phi) is 5.97. The number of aryl methyl sites for hydroxylation is 1. The molecular formula is C20H12ClF6NOS. The van der Waals surface area contributed by atoms with E-state index in [2.05, 4.69) is 0 Å². The van der Waals surface area contributed by atoms with Gasteiger partial charge in [0.1, 0.15) is 0 Å². The van der Waals surface area contributed by atoms with E-state index in [1.54, 1.807) is 7.05 Å². The first-order valence-corrected chi connectivity index (χ1v) is 9.48. The summed E-state index contributed by atoms with van der Waals surface area (Å²) >= 11 is 5.32. The van der Waals surface area contributed by atoms with E-state index in [1.807, 2.05) is 0 Å². The molecule has 1 aromatic heterocycles. The minimum Gasteiger partial charge on any atom is -0.356 e. The smallest absolute Gasteiger partial charge is 0.356 e. The van der Waals surface area contributed by atoms with Crippen molar-refractivity contribution in [1.82, 2.24) is 4.57 Å². The highest BCUT2D eigenvalue weighted by atomic mass is 35.5. The van der Waals surface area contributed by atoms with Crippen molar-refractivity contribution in [3.8, 4) is 22.3 Å². The number of benzene rings is 2. The van der Waals surface area contributed by atoms with E-state index in [0.717, 1.165) is 12.1 Å². The molecular weight excluding hydrogens is 452 g/mol. The number of rotatable bonds is 3. The molecule has 10 heteroatoms. The van der Waals surface area contributed by atoms with Crippen LogP contribution in [0.5, 0.6) is 0 Å². The SMILES string of the molecule is Cn1cc(-c2cccc(SC(F)(F)F)c2)c(=O)c(-c2ccc(Cl)c(C(F)(F)F)c2)c1. The van der Waals surface area contributed by atoms with Crippen molar-refractivity contribution >= 4 is 23.4 Å². The lowest BCUT2D eigenvalue weighted by Gasteiger charge is -2.13. The Morgan fingerprint density at radius 1 is 0.900 bits per heavy atom. The molecule has 158 valence electrons. The van der Waals surface area contributed by atoms with E-state index in [1.165, 1.54) is 47.3 Å². The lowest BCUT2D eigenvalue weighted by Crippen LogP contribution is -2.13. The summed E-state index contributed by atoms with van der Waals surface area (Å²) in [6.45, 7) is 0. The van der Waals surface area contributed by atoms with Crippen LogP contribution in [-0.4, -0.2) is 10.1 Å². The maximum absolute atomic E-state index is 13.2. The van der Waals surface area contributed by atoms with Crippen molar-refractivity contribution < 1.29 is 26.3 Å². The zero-order chi connectivity index (χ0) is 22.3. The van der Waals surface area contributed by atoms with Gasteiger partial charge < -0.3 is 4.57 Å². The fraction of sp³-hybridized carbons (Fsp3) is 0.150. The van der Waals surface area contributed by atoms with Gasteiger partial charge in [-0.25, -0.2) is 0 Å². The molecule has 2 aromatic carbocycles. The van der Waals surface area contributed by atoms with Gasteiger partial charge >= 0.3 is 11.7 Å². The Balaban J connectivity index is 2.15. The molecule has 3 rings (SSSR count). The lowest BCUT2D eigenvalue weighted by molar-refractivity contribution is -0.137. The Morgan fingerprint density at radius 2 is 1.50 bits per heavy atom. The van der Waals surface area contributed by atoms with Gasteiger partial charge in [0.15, 0.2) is 5.43 Å². The molecule has 0 bridgehead atoms. The Labute approximate surface area is 176 Å². The summed E-state index contributed by atoms with van der Waals surface area (Å²) in [5.74, 6) is 0. The molecule has 0 radical (unpaired) electrons. The van der Waals surface area contributed by atoms with Crippen LogP contribution in [0.1, 0.15) is 5.56 Å². The fourth-order valence-electron chi connectivity index (χ4n) is 2.89. The van der Waals surface area contributed by atoms with Crippen LogP contribution in [0, 0.1) is 0 Å². The Morgan fingerprint density at radius 3 is 2.07 bits per heavy atom. The van der Waals surface area contributed by atoms with Crippen molar-refractivity contribution in [2.24, 2.45) is 7.05 Å². The standard InChI is InChI=1S/C20H12ClF6NOS/c1-28-9-14(11-3-2-4-13(7-11)30-20(25,26)27)18(29)15(10-28)12-5-6-17(21)16(8-12)19(22,23)24/h2-10H,1H3. The van der Waals surface area contributed by atoms with Gasteiger partial charge in [0, 0.05) is 35.5 Å². The first-order valence-electron chi connectivity index (χ1n) is 8.29.